The van der Waals surface area contributed by atoms with E-state index >= 15 is 0 Å². The van der Waals surface area contributed by atoms with E-state index in [1.165, 1.54) is 7.11 Å². The predicted molar refractivity (Wildman–Crippen MR) is 74.3 cm³/mol. The minimum absolute atomic E-state index is 0.116. The molecule has 1 aromatic heterocycles. The Morgan fingerprint density at radius 2 is 2.16 bits per heavy atom. The van der Waals surface area contributed by atoms with Crippen LogP contribution in [-0.4, -0.2) is 40.5 Å². The van der Waals surface area contributed by atoms with Crippen LogP contribution in [0.2, 0.25) is 0 Å². The standard InChI is InChI=1S/C11H17NO5S2/c1-4-17-11(13)10-8(2)7-9(18-10)12-19(14,15)6-5-16-3/h7,12H,4-6H2,1-3H3. The van der Waals surface area contributed by atoms with Crippen LogP contribution in [0, 0.1) is 6.92 Å². The summed E-state index contributed by atoms with van der Waals surface area (Å²) >= 11 is 1.06. The van der Waals surface area contributed by atoms with Crippen LogP contribution >= 0.6 is 11.3 Å². The molecule has 108 valence electrons. The summed E-state index contributed by atoms with van der Waals surface area (Å²) in [6.45, 7) is 3.85. The van der Waals surface area contributed by atoms with Crippen LogP contribution in [0.15, 0.2) is 6.07 Å². The number of hydrogen-bond donors (Lipinski definition) is 1. The highest BCUT2D eigenvalue weighted by atomic mass is 32.2. The van der Waals surface area contributed by atoms with E-state index in [0.29, 0.717) is 15.4 Å². The molecule has 0 fully saturated rings. The van der Waals surface area contributed by atoms with E-state index in [1.54, 1.807) is 19.9 Å². The number of carbonyl (C=O) groups is 1. The summed E-state index contributed by atoms with van der Waals surface area (Å²) in [6, 6.07) is 1.61. The Balaban J connectivity index is 2.81. The van der Waals surface area contributed by atoms with Gasteiger partial charge in [-0.05, 0) is 25.5 Å². The molecule has 19 heavy (non-hydrogen) atoms. The first-order valence-electron chi connectivity index (χ1n) is 5.66. The van der Waals surface area contributed by atoms with Crippen LogP contribution in [-0.2, 0) is 19.5 Å². The maximum Gasteiger partial charge on any atom is 0.348 e. The Labute approximate surface area is 116 Å². The second kappa shape index (κ2) is 6.88. The summed E-state index contributed by atoms with van der Waals surface area (Å²) < 4.78 is 35.4. The Morgan fingerprint density at radius 1 is 1.47 bits per heavy atom. The van der Waals surface area contributed by atoms with Crippen molar-refractivity contribution in [1.82, 2.24) is 0 Å². The largest absolute Gasteiger partial charge is 0.462 e. The first-order valence-corrected chi connectivity index (χ1v) is 8.13. The average Bonchev–Trinajstić information content (AvgIpc) is 2.67. The molecule has 1 N–H and O–H groups in total. The van der Waals surface area contributed by atoms with Gasteiger partial charge in [0.05, 0.1) is 19.0 Å². The summed E-state index contributed by atoms with van der Waals surface area (Å²) in [5, 5.41) is 0.400. The van der Waals surface area contributed by atoms with Crippen molar-refractivity contribution in [2.75, 3.05) is 30.8 Å². The molecule has 0 radical (unpaired) electrons. The third kappa shape index (κ3) is 4.81. The molecule has 0 aromatic carbocycles. The summed E-state index contributed by atoms with van der Waals surface area (Å²) in [7, 11) is -2.02. The third-order valence-electron chi connectivity index (χ3n) is 2.19. The molecule has 0 amide bonds. The number of nitrogens with one attached hydrogen (secondary N) is 1. The number of aryl methyl sites for hydroxylation is 1. The quantitative estimate of drug-likeness (QED) is 0.774. The zero-order valence-corrected chi connectivity index (χ0v) is 12.7. The highest BCUT2D eigenvalue weighted by Crippen LogP contribution is 2.28. The highest BCUT2D eigenvalue weighted by molar-refractivity contribution is 7.92. The van der Waals surface area contributed by atoms with Crippen LogP contribution in [0.25, 0.3) is 0 Å². The van der Waals surface area contributed by atoms with Crippen molar-refractivity contribution in [2.24, 2.45) is 0 Å². The molecule has 0 unspecified atom stereocenters. The SMILES string of the molecule is CCOC(=O)c1sc(NS(=O)(=O)CCOC)cc1C. The number of methoxy groups -OCH3 is 1. The fourth-order valence-electron chi connectivity index (χ4n) is 1.33. The van der Waals surface area contributed by atoms with Crippen molar-refractivity contribution in [3.63, 3.8) is 0 Å². The molecule has 0 saturated carbocycles. The predicted octanol–water partition coefficient (Wildman–Crippen LogP) is 1.62. The molecule has 0 aliphatic carbocycles. The molecule has 1 heterocycles. The van der Waals surface area contributed by atoms with Crippen LogP contribution in [0.1, 0.15) is 22.2 Å². The van der Waals surface area contributed by atoms with E-state index in [-0.39, 0.29) is 19.0 Å². The van der Waals surface area contributed by atoms with E-state index < -0.39 is 16.0 Å². The van der Waals surface area contributed by atoms with E-state index in [0.717, 1.165) is 11.3 Å². The van der Waals surface area contributed by atoms with Crippen LogP contribution in [0.5, 0.6) is 0 Å². The first kappa shape index (κ1) is 15.9. The van der Waals surface area contributed by atoms with Crippen molar-refractivity contribution in [3.05, 3.63) is 16.5 Å². The smallest absolute Gasteiger partial charge is 0.348 e. The van der Waals surface area contributed by atoms with Gasteiger partial charge >= 0.3 is 5.97 Å². The van der Waals surface area contributed by atoms with Gasteiger partial charge in [0.15, 0.2) is 0 Å². The molecule has 0 aliphatic rings. The molecule has 0 spiro atoms. The lowest BCUT2D eigenvalue weighted by atomic mass is 10.3. The number of anilines is 1. The maximum atomic E-state index is 11.7. The van der Waals surface area contributed by atoms with Crippen LogP contribution in [0.4, 0.5) is 5.00 Å². The molecule has 0 bridgehead atoms. The van der Waals surface area contributed by atoms with Gasteiger partial charge in [-0.25, -0.2) is 13.2 Å². The van der Waals surface area contributed by atoms with Crippen LogP contribution in [0.3, 0.4) is 0 Å². The molecular formula is C11H17NO5S2. The van der Waals surface area contributed by atoms with Gasteiger partial charge < -0.3 is 9.47 Å². The Bertz CT molecular complexity index is 535. The summed E-state index contributed by atoms with van der Waals surface area (Å²) in [5.74, 6) is -0.567. The van der Waals surface area contributed by atoms with Crippen molar-refractivity contribution in [1.29, 1.82) is 0 Å². The number of carbonyl (C=O) groups excluding carboxylic acids is 1. The van der Waals surface area contributed by atoms with Gasteiger partial charge in [-0.3, -0.25) is 4.72 Å². The molecule has 6 nitrogen and oxygen atoms in total. The summed E-state index contributed by atoms with van der Waals surface area (Å²) in [4.78, 5) is 12.0. The number of esters is 1. The molecule has 0 atom stereocenters. The normalized spacial score (nSPS) is 11.3. The summed E-state index contributed by atoms with van der Waals surface area (Å²) in [6.07, 6.45) is 0. The molecule has 1 rings (SSSR count). The highest BCUT2D eigenvalue weighted by Gasteiger charge is 2.17. The Morgan fingerprint density at radius 3 is 2.74 bits per heavy atom. The van der Waals surface area contributed by atoms with E-state index in [1.807, 2.05) is 0 Å². The monoisotopic (exact) mass is 307 g/mol. The van der Waals surface area contributed by atoms with Gasteiger partial charge in [-0.15, -0.1) is 11.3 Å². The Kier molecular flexibility index (Phi) is 5.77. The topological polar surface area (TPSA) is 81.7 Å². The van der Waals surface area contributed by atoms with Crippen molar-refractivity contribution >= 4 is 32.3 Å². The molecule has 0 aliphatic heterocycles. The lowest BCUT2D eigenvalue weighted by Gasteiger charge is -2.04. The van der Waals surface area contributed by atoms with E-state index in [9.17, 15) is 13.2 Å². The van der Waals surface area contributed by atoms with E-state index in [2.05, 4.69) is 4.72 Å². The molecular weight excluding hydrogens is 290 g/mol. The number of hydrogen-bond acceptors (Lipinski definition) is 6. The third-order valence-corrected chi connectivity index (χ3v) is 4.69. The first-order chi connectivity index (χ1) is 8.89. The lowest BCUT2D eigenvalue weighted by molar-refractivity contribution is 0.0531. The van der Waals surface area contributed by atoms with Gasteiger partial charge in [0.25, 0.3) is 0 Å². The minimum atomic E-state index is -3.45. The van der Waals surface area contributed by atoms with Gasteiger partial charge in [-0.2, -0.15) is 0 Å². The zero-order chi connectivity index (χ0) is 14.5. The van der Waals surface area contributed by atoms with E-state index in [4.69, 9.17) is 9.47 Å². The number of thiophene rings is 1. The Hall–Kier alpha value is -1.12. The summed E-state index contributed by atoms with van der Waals surface area (Å²) in [5.41, 5.74) is 0.688. The second-order valence-corrected chi connectivity index (χ2v) is 6.65. The minimum Gasteiger partial charge on any atom is -0.462 e. The van der Waals surface area contributed by atoms with Crippen LogP contribution < -0.4 is 4.72 Å². The zero-order valence-electron chi connectivity index (χ0n) is 11.1. The van der Waals surface area contributed by atoms with Gasteiger partial charge in [0.2, 0.25) is 10.0 Å². The average molecular weight is 307 g/mol. The van der Waals surface area contributed by atoms with Gasteiger partial charge in [0.1, 0.15) is 9.88 Å². The molecule has 1 aromatic rings. The number of rotatable bonds is 7. The molecule has 0 saturated heterocycles. The molecule has 8 heteroatoms. The fourth-order valence-corrected chi connectivity index (χ4v) is 3.55. The van der Waals surface area contributed by atoms with Crippen molar-refractivity contribution in [3.8, 4) is 0 Å². The van der Waals surface area contributed by atoms with Gasteiger partial charge in [0, 0.05) is 7.11 Å². The fraction of sp³-hybridized carbons (Fsp3) is 0.545. The number of sulfonamides is 1. The lowest BCUT2D eigenvalue weighted by Crippen LogP contribution is -2.19. The number of ether oxygens (including phenoxy) is 2. The maximum absolute atomic E-state index is 11.7. The van der Waals surface area contributed by atoms with Crippen molar-refractivity contribution in [2.45, 2.75) is 13.8 Å². The van der Waals surface area contributed by atoms with Gasteiger partial charge in [-0.1, -0.05) is 0 Å². The second-order valence-electron chi connectivity index (χ2n) is 3.76. The van der Waals surface area contributed by atoms with Crippen molar-refractivity contribution < 1.29 is 22.7 Å².